The molecule has 1 saturated heterocycles. The highest BCUT2D eigenvalue weighted by Crippen LogP contribution is 2.36. The van der Waals surface area contributed by atoms with Crippen molar-refractivity contribution in [1.29, 1.82) is 0 Å². The molecule has 10 nitrogen and oxygen atoms in total. The molecule has 0 radical (unpaired) electrons. The average molecular weight is 475 g/mol. The number of hydrogen-bond donors (Lipinski definition) is 2. The molecule has 0 bridgehead atoms. The van der Waals surface area contributed by atoms with E-state index < -0.39 is 35.8 Å². The summed E-state index contributed by atoms with van der Waals surface area (Å²) in [5.41, 5.74) is 0.351. The third-order valence-corrected chi connectivity index (χ3v) is 5.81. The van der Waals surface area contributed by atoms with E-state index in [9.17, 15) is 19.2 Å². The summed E-state index contributed by atoms with van der Waals surface area (Å²) >= 11 is 2.75. The van der Waals surface area contributed by atoms with Crippen molar-refractivity contribution in [2.45, 2.75) is 18.5 Å². The van der Waals surface area contributed by atoms with E-state index >= 15 is 0 Å². The van der Waals surface area contributed by atoms with Crippen molar-refractivity contribution in [1.82, 2.24) is 10.6 Å². The lowest BCUT2D eigenvalue weighted by Crippen LogP contribution is -2.44. The first-order valence-electron chi connectivity index (χ1n) is 9.35. The van der Waals surface area contributed by atoms with Crippen LogP contribution in [0, 0.1) is 0 Å². The maximum Gasteiger partial charge on any atom is 0.329 e. The average Bonchev–Trinajstić information content (AvgIpc) is 3.17. The molecule has 0 saturated carbocycles. The van der Waals surface area contributed by atoms with Gasteiger partial charge in [0.1, 0.15) is 25.3 Å². The van der Waals surface area contributed by atoms with Crippen LogP contribution in [-0.4, -0.2) is 87.3 Å². The van der Waals surface area contributed by atoms with E-state index in [1.165, 1.54) is 37.7 Å². The Balaban J connectivity index is 2.21. The third-order valence-electron chi connectivity index (χ3n) is 4.48. The van der Waals surface area contributed by atoms with Crippen LogP contribution in [0.2, 0.25) is 0 Å². The molecule has 2 rings (SSSR count). The summed E-state index contributed by atoms with van der Waals surface area (Å²) in [4.78, 5) is 49.7. The predicted molar refractivity (Wildman–Crippen MR) is 115 cm³/mol. The Kier molecular flexibility index (Phi) is 9.56. The van der Waals surface area contributed by atoms with E-state index in [2.05, 4.69) is 10.6 Å². The maximum absolute atomic E-state index is 12.9. The number of rotatable bonds is 10. The van der Waals surface area contributed by atoms with Gasteiger partial charge in [-0.15, -0.1) is 0 Å². The monoisotopic (exact) mass is 474 g/mol. The second kappa shape index (κ2) is 11.9. The SMILES string of the molecule is COC(=O)C(CSC)NC(=O)C1=C2OCCOC2=C(C(=O)NC(CSC)C(=O)OC)C1. The number of nitrogens with one attached hydrogen (secondary N) is 2. The largest absolute Gasteiger partial charge is 0.486 e. The zero-order chi connectivity index (χ0) is 23.0. The van der Waals surface area contributed by atoms with Crippen LogP contribution in [0.25, 0.3) is 0 Å². The molecule has 2 amide bonds. The minimum Gasteiger partial charge on any atom is -0.486 e. The quantitative estimate of drug-likeness (QED) is 0.417. The topological polar surface area (TPSA) is 129 Å². The van der Waals surface area contributed by atoms with Crippen LogP contribution in [-0.2, 0) is 38.1 Å². The molecule has 2 unspecified atom stereocenters. The first-order chi connectivity index (χ1) is 14.9. The lowest BCUT2D eigenvalue weighted by atomic mass is 10.1. The summed E-state index contributed by atoms with van der Waals surface area (Å²) in [7, 11) is 2.48. The van der Waals surface area contributed by atoms with Gasteiger partial charge in [0.25, 0.3) is 11.8 Å². The van der Waals surface area contributed by atoms with E-state index in [4.69, 9.17) is 18.9 Å². The molecule has 1 aliphatic carbocycles. The Morgan fingerprint density at radius 1 is 0.839 bits per heavy atom. The number of fused-ring (bicyclic) bond motifs is 1. The summed E-state index contributed by atoms with van der Waals surface area (Å²) in [6.45, 7) is 0.431. The molecule has 12 heteroatoms. The van der Waals surface area contributed by atoms with Crippen molar-refractivity contribution in [2.24, 2.45) is 0 Å². The first-order valence-corrected chi connectivity index (χ1v) is 12.1. The van der Waals surface area contributed by atoms with E-state index in [1.54, 1.807) is 12.5 Å². The molecule has 2 N–H and O–H groups in total. The number of amides is 2. The lowest BCUT2D eigenvalue weighted by molar-refractivity contribution is -0.144. The molecule has 0 aromatic rings. The van der Waals surface area contributed by atoms with Crippen molar-refractivity contribution < 1.29 is 38.1 Å². The van der Waals surface area contributed by atoms with Crippen molar-refractivity contribution in [3.05, 3.63) is 22.7 Å². The fraction of sp³-hybridized carbons (Fsp3) is 0.579. The molecule has 31 heavy (non-hydrogen) atoms. The van der Waals surface area contributed by atoms with Crippen LogP contribution in [0.4, 0.5) is 0 Å². The van der Waals surface area contributed by atoms with E-state index in [0.29, 0.717) is 11.5 Å². The van der Waals surface area contributed by atoms with Crippen LogP contribution < -0.4 is 10.6 Å². The van der Waals surface area contributed by atoms with Crippen molar-refractivity contribution in [3.8, 4) is 0 Å². The molecular weight excluding hydrogens is 448 g/mol. The number of thioether (sulfide) groups is 2. The summed E-state index contributed by atoms with van der Waals surface area (Å²) in [6, 6.07) is -1.70. The Hall–Kier alpha value is -2.34. The van der Waals surface area contributed by atoms with Gasteiger partial charge in [-0.05, 0) is 12.5 Å². The minimum atomic E-state index is -0.850. The highest BCUT2D eigenvalue weighted by Gasteiger charge is 2.38. The lowest BCUT2D eigenvalue weighted by Gasteiger charge is -2.21. The highest BCUT2D eigenvalue weighted by molar-refractivity contribution is 7.98. The number of carbonyl (C=O) groups excluding carboxylic acids is 4. The number of esters is 2. The van der Waals surface area contributed by atoms with E-state index in [0.717, 1.165) is 0 Å². The van der Waals surface area contributed by atoms with E-state index in [-0.39, 0.29) is 42.3 Å². The minimum absolute atomic E-state index is 0.0668. The van der Waals surface area contributed by atoms with Crippen LogP contribution in [0.5, 0.6) is 0 Å². The van der Waals surface area contributed by atoms with Gasteiger partial charge in [0.2, 0.25) is 0 Å². The van der Waals surface area contributed by atoms with Crippen LogP contribution in [0.15, 0.2) is 22.7 Å². The molecular formula is C19H26N2O8S2. The summed E-state index contributed by atoms with van der Waals surface area (Å²) in [5, 5.41) is 5.26. The molecule has 1 aliphatic heterocycles. The van der Waals surface area contributed by atoms with Gasteiger partial charge in [0.05, 0.1) is 25.4 Å². The zero-order valence-corrected chi connectivity index (χ0v) is 19.4. The summed E-state index contributed by atoms with van der Waals surface area (Å²) in [5.74, 6) is -1.28. The van der Waals surface area contributed by atoms with Crippen molar-refractivity contribution in [2.75, 3.05) is 51.5 Å². The summed E-state index contributed by atoms with van der Waals surface area (Å²) < 4.78 is 20.7. The van der Waals surface area contributed by atoms with Crippen molar-refractivity contribution in [3.63, 3.8) is 0 Å². The van der Waals surface area contributed by atoms with Gasteiger partial charge >= 0.3 is 11.9 Å². The van der Waals surface area contributed by atoms with Gasteiger partial charge in [-0.1, -0.05) is 0 Å². The second-order valence-corrected chi connectivity index (χ2v) is 8.32. The number of methoxy groups -OCH3 is 2. The van der Waals surface area contributed by atoms with Crippen LogP contribution in [0.3, 0.4) is 0 Å². The van der Waals surface area contributed by atoms with Gasteiger partial charge in [-0.25, -0.2) is 9.59 Å². The van der Waals surface area contributed by atoms with Crippen LogP contribution >= 0.6 is 23.5 Å². The number of ether oxygens (including phenoxy) is 4. The molecule has 172 valence electrons. The fourth-order valence-electron chi connectivity index (χ4n) is 3.02. The van der Waals surface area contributed by atoms with Gasteiger partial charge in [-0.3, -0.25) is 9.59 Å². The highest BCUT2D eigenvalue weighted by atomic mass is 32.2. The van der Waals surface area contributed by atoms with Gasteiger partial charge in [0.15, 0.2) is 11.5 Å². The maximum atomic E-state index is 12.9. The molecule has 0 aromatic carbocycles. The van der Waals surface area contributed by atoms with Gasteiger partial charge in [-0.2, -0.15) is 23.5 Å². The predicted octanol–water partition coefficient (Wildman–Crippen LogP) is -0.0133. The Morgan fingerprint density at radius 3 is 1.55 bits per heavy atom. The van der Waals surface area contributed by atoms with E-state index in [1.807, 2.05) is 0 Å². The Bertz CT molecular complexity index is 732. The smallest absolute Gasteiger partial charge is 0.329 e. The summed E-state index contributed by atoms with van der Waals surface area (Å²) in [6.07, 6.45) is 3.53. The molecule has 1 fully saturated rings. The van der Waals surface area contributed by atoms with Gasteiger partial charge < -0.3 is 29.6 Å². The Morgan fingerprint density at radius 2 is 1.23 bits per heavy atom. The number of carbonyl (C=O) groups is 4. The molecule has 2 atom stereocenters. The molecule has 1 heterocycles. The molecule has 0 aromatic heterocycles. The fourth-order valence-corrected chi connectivity index (χ4v) is 4.12. The van der Waals surface area contributed by atoms with Gasteiger partial charge in [0, 0.05) is 17.9 Å². The zero-order valence-electron chi connectivity index (χ0n) is 17.8. The molecule has 2 aliphatic rings. The standard InChI is InChI=1S/C19H26N2O8S2/c1-26-18(24)12(8-30-3)20-16(22)10-7-11(15-14(10)28-5-6-29-15)17(23)21-13(9-31-4)19(25)27-2/h12-13H,5-9H2,1-4H3,(H,20,22)(H,21,23). The van der Waals surface area contributed by atoms with Crippen molar-refractivity contribution >= 4 is 47.3 Å². The Labute approximate surface area is 188 Å². The second-order valence-electron chi connectivity index (χ2n) is 6.50. The first kappa shape index (κ1) is 24.9. The van der Waals surface area contributed by atoms with Crippen LogP contribution in [0.1, 0.15) is 6.42 Å². The molecule has 0 spiro atoms. The normalized spacial score (nSPS) is 17.0. The third kappa shape index (κ3) is 6.10. The number of hydrogen-bond acceptors (Lipinski definition) is 10.